The number of hydrogen-bond acceptors (Lipinski definition) is 6. The molecule has 5 nitrogen and oxygen atoms in total. The number of pyridine rings is 1. The highest BCUT2D eigenvalue weighted by molar-refractivity contribution is 7.09. The fourth-order valence-electron chi connectivity index (χ4n) is 2.01. The van der Waals surface area contributed by atoms with Gasteiger partial charge in [-0.3, -0.25) is 4.98 Å². The Balaban J connectivity index is 1.82. The summed E-state index contributed by atoms with van der Waals surface area (Å²) in [6, 6.07) is 5.78. The van der Waals surface area contributed by atoms with E-state index in [1.807, 2.05) is 37.1 Å². The Hall–Kier alpha value is -2.34. The zero-order chi connectivity index (χ0) is 14.7. The van der Waals surface area contributed by atoms with Crippen LogP contribution in [0.4, 0.5) is 5.95 Å². The molecule has 0 unspecified atom stereocenters. The normalized spacial score (nSPS) is 10.6. The first-order chi connectivity index (χ1) is 10.2. The smallest absolute Gasteiger partial charge is 0.225 e. The highest BCUT2D eigenvalue weighted by atomic mass is 32.1. The molecule has 0 saturated heterocycles. The van der Waals surface area contributed by atoms with E-state index >= 15 is 0 Å². The van der Waals surface area contributed by atoms with Gasteiger partial charge in [0.05, 0.1) is 22.9 Å². The summed E-state index contributed by atoms with van der Waals surface area (Å²) < 4.78 is 0. The maximum atomic E-state index is 4.61. The number of thiazole rings is 1. The van der Waals surface area contributed by atoms with Gasteiger partial charge in [0, 0.05) is 36.6 Å². The summed E-state index contributed by atoms with van der Waals surface area (Å²) in [6.45, 7) is 2.71. The monoisotopic (exact) mass is 297 g/mol. The van der Waals surface area contributed by atoms with E-state index < -0.39 is 0 Å². The third kappa shape index (κ3) is 3.22. The van der Waals surface area contributed by atoms with Crippen molar-refractivity contribution in [3.63, 3.8) is 0 Å². The fourth-order valence-corrected chi connectivity index (χ4v) is 2.61. The van der Waals surface area contributed by atoms with Crippen LogP contribution in [0.25, 0.3) is 11.3 Å². The van der Waals surface area contributed by atoms with Gasteiger partial charge in [-0.05, 0) is 25.1 Å². The predicted octanol–water partition coefficient (Wildman–Crippen LogP) is 2.94. The van der Waals surface area contributed by atoms with Crippen molar-refractivity contribution >= 4 is 17.3 Å². The fraction of sp³-hybridized carbons (Fsp3) is 0.200. The van der Waals surface area contributed by atoms with Crippen LogP contribution in [-0.2, 0) is 6.54 Å². The summed E-state index contributed by atoms with van der Waals surface area (Å²) in [5, 5.41) is 3.14. The molecule has 0 saturated carbocycles. The van der Waals surface area contributed by atoms with Crippen molar-refractivity contribution in [2.75, 3.05) is 11.9 Å². The van der Waals surface area contributed by atoms with Crippen molar-refractivity contribution in [3.05, 3.63) is 52.9 Å². The lowest BCUT2D eigenvalue weighted by Gasteiger charge is -2.16. The average Bonchev–Trinajstić information content (AvgIpc) is 2.93. The number of aromatic nitrogens is 4. The van der Waals surface area contributed by atoms with Gasteiger partial charge in [-0.15, -0.1) is 11.3 Å². The van der Waals surface area contributed by atoms with Crippen molar-refractivity contribution in [2.24, 2.45) is 0 Å². The van der Waals surface area contributed by atoms with Gasteiger partial charge < -0.3 is 4.90 Å². The summed E-state index contributed by atoms with van der Waals surface area (Å²) in [7, 11) is 1.97. The van der Waals surface area contributed by atoms with Gasteiger partial charge in [0.2, 0.25) is 5.95 Å². The standard InChI is InChI=1S/C15H15N5S/c1-11-18-13(10-21-11)9-20(2)15-17-8-5-14(19-15)12-3-6-16-7-4-12/h3-8,10H,9H2,1-2H3. The second kappa shape index (κ2) is 5.97. The third-order valence-corrected chi connectivity index (χ3v) is 3.85. The van der Waals surface area contributed by atoms with Crippen molar-refractivity contribution in [1.82, 2.24) is 19.9 Å². The molecule has 3 aromatic rings. The minimum Gasteiger partial charge on any atom is -0.338 e. The molecule has 106 valence electrons. The minimum atomic E-state index is 0.690. The first kappa shape index (κ1) is 13.6. The highest BCUT2D eigenvalue weighted by Gasteiger charge is 2.09. The second-order valence-corrected chi connectivity index (χ2v) is 5.75. The summed E-state index contributed by atoms with van der Waals surface area (Å²) in [6.07, 6.45) is 5.30. The molecule has 0 aliphatic heterocycles. The van der Waals surface area contributed by atoms with Crippen molar-refractivity contribution < 1.29 is 0 Å². The molecule has 0 spiro atoms. The van der Waals surface area contributed by atoms with E-state index in [0.29, 0.717) is 12.5 Å². The molecule has 0 fully saturated rings. The Morgan fingerprint density at radius 3 is 2.62 bits per heavy atom. The highest BCUT2D eigenvalue weighted by Crippen LogP contribution is 2.18. The maximum absolute atomic E-state index is 4.61. The van der Waals surface area contributed by atoms with Crippen molar-refractivity contribution in [2.45, 2.75) is 13.5 Å². The quantitative estimate of drug-likeness (QED) is 0.741. The van der Waals surface area contributed by atoms with E-state index in [2.05, 4.69) is 25.3 Å². The van der Waals surface area contributed by atoms with Crippen LogP contribution in [0.1, 0.15) is 10.7 Å². The molecule has 0 aliphatic rings. The Morgan fingerprint density at radius 2 is 1.90 bits per heavy atom. The third-order valence-electron chi connectivity index (χ3n) is 3.03. The second-order valence-electron chi connectivity index (χ2n) is 4.69. The average molecular weight is 297 g/mol. The molecule has 0 amide bonds. The number of hydrogen-bond donors (Lipinski definition) is 0. The molecular formula is C15H15N5S. The number of aryl methyl sites for hydroxylation is 1. The molecular weight excluding hydrogens is 282 g/mol. The van der Waals surface area contributed by atoms with Crippen molar-refractivity contribution in [3.8, 4) is 11.3 Å². The maximum Gasteiger partial charge on any atom is 0.225 e. The number of anilines is 1. The van der Waals surface area contributed by atoms with Crippen molar-refractivity contribution in [1.29, 1.82) is 0 Å². The molecule has 21 heavy (non-hydrogen) atoms. The number of nitrogens with zero attached hydrogens (tertiary/aromatic N) is 5. The topological polar surface area (TPSA) is 54.8 Å². The van der Waals surface area contributed by atoms with E-state index in [1.54, 1.807) is 29.9 Å². The molecule has 0 aliphatic carbocycles. The van der Waals surface area contributed by atoms with Gasteiger partial charge in [-0.1, -0.05) is 0 Å². The first-order valence-corrected chi connectivity index (χ1v) is 7.46. The van der Waals surface area contributed by atoms with Gasteiger partial charge in [0.25, 0.3) is 0 Å². The molecule has 0 N–H and O–H groups in total. The molecule has 3 heterocycles. The van der Waals surface area contributed by atoms with E-state index in [1.165, 1.54) is 0 Å². The molecule has 0 aromatic carbocycles. The van der Waals surface area contributed by atoms with E-state index in [4.69, 9.17) is 0 Å². The number of rotatable bonds is 4. The van der Waals surface area contributed by atoms with Gasteiger partial charge in [-0.25, -0.2) is 15.0 Å². The summed E-state index contributed by atoms with van der Waals surface area (Å²) in [5.74, 6) is 0.690. The Morgan fingerprint density at radius 1 is 1.10 bits per heavy atom. The van der Waals surface area contributed by atoms with E-state index in [-0.39, 0.29) is 0 Å². The van der Waals surface area contributed by atoms with Crippen LogP contribution in [0.15, 0.2) is 42.2 Å². The van der Waals surface area contributed by atoms with E-state index in [0.717, 1.165) is 22.0 Å². The van der Waals surface area contributed by atoms with Crippen LogP contribution in [0.3, 0.4) is 0 Å². The van der Waals surface area contributed by atoms with Gasteiger partial charge in [-0.2, -0.15) is 0 Å². The predicted molar refractivity (Wildman–Crippen MR) is 84.2 cm³/mol. The summed E-state index contributed by atoms with van der Waals surface area (Å²) in [4.78, 5) is 19.4. The van der Waals surface area contributed by atoms with Crippen LogP contribution in [0, 0.1) is 6.92 Å². The lowest BCUT2D eigenvalue weighted by atomic mass is 10.2. The largest absolute Gasteiger partial charge is 0.338 e. The van der Waals surface area contributed by atoms with Crippen LogP contribution in [0.2, 0.25) is 0 Å². The molecule has 0 atom stereocenters. The zero-order valence-corrected chi connectivity index (χ0v) is 12.7. The minimum absolute atomic E-state index is 0.690. The molecule has 6 heteroatoms. The first-order valence-electron chi connectivity index (χ1n) is 6.58. The van der Waals surface area contributed by atoms with Crippen LogP contribution < -0.4 is 4.90 Å². The Kier molecular flexibility index (Phi) is 3.87. The van der Waals surface area contributed by atoms with Gasteiger partial charge in [0.1, 0.15) is 0 Å². The van der Waals surface area contributed by atoms with Crippen LogP contribution >= 0.6 is 11.3 Å². The molecule has 3 aromatic heterocycles. The SMILES string of the molecule is Cc1nc(CN(C)c2nccc(-c3ccncc3)n2)cs1. The molecule has 0 radical (unpaired) electrons. The summed E-state index contributed by atoms with van der Waals surface area (Å²) >= 11 is 1.66. The van der Waals surface area contributed by atoms with Crippen LogP contribution in [-0.4, -0.2) is 27.0 Å². The lowest BCUT2D eigenvalue weighted by Crippen LogP contribution is -2.19. The zero-order valence-electron chi connectivity index (χ0n) is 11.9. The van der Waals surface area contributed by atoms with Gasteiger partial charge in [0.15, 0.2) is 0 Å². The Bertz CT molecular complexity index is 726. The van der Waals surface area contributed by atoms with Gasteiger partial charge >= 0.3 is 0 Å². The molecule has 3 rings (SSSR count). The van der Waals surface area contributed by atoms with Crippen LogP contribution in [0.5, 0.6) is 0 Å². The lowest BCUT2D eigenvalue weighted by molar-refractivity contribution is 0.846. The summed E-state index contributed by atoms with van der Waals surface area (Å²) in [5.41, 5.74) is 2.97. The molecule has 0 bridgehead atoms. The van der Waals surface area contributed by atoms with E-state index in [9.17, 15) is 0 Å². The Labute approximate surface area is 127 Å².